The molecule has 1 aliphatic heterocycles. The van der Waals surface area contributed by atoms with Gasteiger partial charge in [-0.25, -0.2) is 8.51 Å². The van der Waals surface area contributed by atoms with Crippen LogP contribution < -0.4 is 0 Å². The van der Waals surface area contributed by atoms with Crippen molar-refractivity contribution in [3.05, 3.63) is 0 Å². The third-order valence-electron chi connectivity index (χ3n) is 1.71. The van der Waals surface area contributed by atoms with E-state index < -0.39 is 25.7 Å². The molecule has 1 unspecified atom stereocenters. The number of rotatable bonds is 3. The highest BCUT2D eigenvalue weighted by atomic mass is 32.3. The van der Waals surface area contributed by atoms with Gasteiger partial charge in [-0.05, 0) is 0 Å². The zero-order chi connectivity index (χ0) is 11.7. The van der Waals surface area contributed by atoms with Crippen molar-refractivity contribution in [3.63, 3.8) is 0 Å². The van der Waals surface area contributed by atoms with Crippen molar-refractivity contribution in [2.24, 2.45) is 0 Å². The molecule has 10 heteroatoms. The van der Waals surface area contributed by atoms with Gasteiger partial charge in [-0.3, -0.25) is 4.55 Å². The number of morpholine rings is 1. The van der Waals surface area contributed by atoms with Crippen molar-refractivity contribution in [1.29, 1.82) is 0 Å². The van der Waals surface area contributed by atoms with Gasteiger partial charge in [-0.15, -0.1) is 0 Å². The maximum atomic E-state index is 12.9. The zero-order valence-corrected chi connectivity index (χ0v) is 9.06. The zero-order valence-electron chi connectivity index (χ0n) is 7.43. The Morgan fingerprint density at radius 2 is 1.80 bits per heavy atom. The highest BCUT2D eigenvalue weighted by Gasteiger charge is 2.53. The summed E-state index contributed by atoms with van der Waals surface area (Å²) in [5, 5.41) is 0. The lowest BCUT2D eigenvalue weighted by Gasteiger charge is -2.27. The van der Waals surface area contributed by atoms with Gasteiger partial charge < -0.3 is 4.74 Å². The van der Waals surface area contributed by atoms with Gasteiger partial charge in [-0.1, -0.05) is 0 Å². The van der Waals surface area contributed by atoms with Gasteiger partial charge in [0.2, 0.25) is 0 Å². The van der Waals surface area contributed by atoms with Crippen molar-refractivity contribution < 1.29 is 30.7 Å². The smallest absolute Gasteiger partial charge is 0.379 e. The van der Waals surface area contributed by atoms with Crippen LogP contribution in [0.15, 0.2) is 0 Å². The number of alkyl halides is 2. The van der Waals surface area contributed by atoms with E-state index in [1.54, 1.807) is 0 Å². The summed E-state index contributed by atoms with van der Waals surface area (Å²) in [5.74, 6) is 0. The molecule has 1 saturated heterocycles. The van der Waals surface area contributed by atoms with Gasteiger partial charge in [0.05, 0.1) is 13.2 Å². The average molecular weight is 265 g/mol. The number of hydrogen-bond acceptors (Lipinski definition) is 4. The third kappa shape index (κ3) is 2.69. The van der Waals surface area contributed by atoms with Crippen molar-refractivity contribution >= 4 is 21.1 Å². The summed E-state index contributed by atoms with van der Waals surface area (Å²) in [5.41, 5.74) is 0. The Balaban J connectivity index is 2.83. The predicted molar refractivity (Wildman–Crippen MR) is 47.0 cm³/mol. The molecule has 1 aliphatic rings. The van der Waals surface area contributed by atoms with Crippen LogP contribution in [0.2, 0.25) is 0 Å². The van der Waals surface area contributed by atoms with Crippen LogP contribution in [0, 0.1) is 0 Å². The number of ether oxygens (including phenoxy) is 1. The minimum atomic E-state index is -5.67. The molecule has 6 nitrogen and oxygen atoms in total. The van der Waals surface area contributed by atoms with Crippen LogP contribution in [0.5, 0.6) is 0 Å². The van der Waals surface area contributed by atoms with Crippen LogP contribution in [-0.2, 0) is 25.8 Å². The van der Waals surface area contributed by atoms with E-state index in [0.717, 1.165) is 4.31 Å². The monoisotopic (exact) mass is 265 g/mol. The Bertz CT molecular complexity index is 350. The molecule has 1 N–H and O–H groups in total. The van der Waals surface area contributed by atoms with Crippen molar-refractivity contribution in [3.8, 4) is 0 Å². The van der Waals surface area contributed by atoms with E-state index >= 15 is 0 Å². The molecule has 90 valence electrons. The fourth-order valence-corrected chi connectivity index (χ4v) is 2.77. The lowest BCUT2D eigenvalue weighted by molar-refractivity contribution is 0.0699. The molecule has 0 saturated carbocycles. The highest BCUT2D eigenvalue weighted by molar-refractivity contribution is 8.03. The first-order valence-corrected chi connectivity index (χ1v) is 6.41. The minimum Gasteiger partial charge on any atom is -0.379 e. The Hall–Kier alpha value is -0.160. The van der Waals surface area contributed by atoms with Crippen molar-refractivity contribution in [1.82, 2.24) is 4.31 Å². The van der Waals surface area contributed by atoms with E-state index in [9.17, 15) is 21.4 Å². The first-order chi connectivity index (χ1) is 6.77. The first kappa shape index (κ1) is 12.9. The minimum absolute atomic E-state index is 0.0717. The van der Waals surface area contributed by atoms with E-state index in [1.807, 2.05) is 0 Å². The topological polar surface area (TPSA) is 83.9 Å². The molecule has 0 aromatic heterocycles. The second-order valence-electron chi connectivity index (χ2n) is 2.73. The standard InChI is InChI=1S/C5H9F2NO5S2/c6-5(7,15(10,11)12)14(9)8-1-3-13-4-2-8/h1-4H2,(H,10,11,12). The largest absolute Gasteiger partial charge is 0.459 e. The van der Waals surface area contributed by atoms with Gasteiger partial charge in [0.15, 0.2) is 11.0 Å². The van der Waals surface area contributed by atoms with Crippen LogP contribution in [0.3, 0.4) is 0 Å². The molecule has 1 atom stereocenters. The van der Waals surface area contributed by atoms with Gasteiger partial charge in [0.1, 0.15) is 0 Å². The molecule has 0 spiro atoms. The molecule has 0 bridgehead atoms. The first-order valence-electron chi connectivity index (χ1n) is 3.86. The van der Waals surface area contributed by atoms with Gasteiger partial charge >= 0.3 is 14.7 Å². The maximum absolute atomic E-state index is 12.9. The lowest BCUT2D eigenvalue weighted by Crippen LogP contribution is -2.47. The van der Waals surface area contributed by atoms with Crippen molar-refractivity contribution in [2.75, 3.05) is 26.3 Å². The fourth-order valence-electron chi connectivity index (χ4n) is 0.953. The highest BCUT2D eigenvalue weighted by Crippen LogP contribution is 2.27. The molecular formula is C5H9F2NO5S2. The summed E-state index contributed by atoms with van der Waals surface area (Å²) in [6, 6.07) is 0. The van der Waals surface area contributed by atoms with Crippen LogP contribution in [0.4, 0.5) is 8.78 Å². The van der Waals surface area contributed by atoms with Gasteiger partial charge in [0, 0.05) is 13.1 Å². The van der Waals surface area contributed by atoms with E-state index in [2.05, 4.69) is 0 Å². The summed E-state index contributed by atoms with van der Waals surface area (Å²) >= 11 is 0. The second kappa shape index (κ2) is 4.37. The molecule has 0 amide bonds. The van der Waals surface area contributed by atoms with Crippen LogP contribution in [0.25, 0.3) is 0 Å². The van der Waals surface area contributed by atoms with E-state index in [4.69, 9.17) is 9.29 Å². The third-order valence-corrected chi connectivity index (χ3v) is 4.61. The molecule has 0 aromatic rings. The number of hydrogen-bond donors (Lipinski definition) is 1. The summed E-state index contributed by atoms with van der Waals surface area (Å²) in [7, 11) is -8.77. The molecule has 15 heavy (non-hydrogen) atoms. The lowest BCUT2D eigenvalue weighted by atomic mass is 10.5. The van der Waals surface area contributed by atoms with Crippen molar-refractivity contribution in [2.45, 2.75) is 4.59 Å². The molecule has 1 heterocycles. The molecule has 1 fully saturated rings. The Kier molecular flexibility index (Phi) is 3.76. The Labute approximate surface area is 87.5 Å². The summed E-state index contributed by atoms with van der Waals surface area (Å²) in [4.78, 5) is 0. The predicted octanol–water partition coefficient (Wildman–Crippen LogP) is -0.580. The van der Waals surface area contributed by atoms with Gasteiger partial charge in [0.25, 0.3) is 0 Å². The normalized spacial score (nSPS) is 22.6. The summed E-state index contributed by atoms with van der Waals surface area (Å²) in [6.45, 7) is 0.0377. The molecule has 0 radical (unpaired) electrons. The maximum Gasteiger partial charge on any atom is 0.459 e. The summed E-state index contributed by atoms with van der Waals surface area (Å²) < 4.78 is 66.6. The van der Waals surface area contributed by atoms with E-state index in [0.29, 0.717) is 0 Å². The van der Waals surface area contributed by atoms with E-state index in [-0.39, 0.29) is 26.3 Å². The van der Waals surface area contributed by atoms with Gasteiger partial charge in [-0.2, -0.15) is 17.2 Å². The number of halogens is 2. The molecule has 1 rings (SSSR count). The molecule has 0 aliphatic carbocycles. The Morgan fingerprint density at radius 3 is 2.20 bits per heavy atom. The second-order valence-corrected chi connectivity index (χ2v) is 5.98. The fraction of sp³-hybridized carbons (Fsp3) is 1.00. The summed E-state index contributed by atoms with van der Waals surface area (Å²) in [6.07, 6.45) is 0. The average Bonchev–Trinajstić information content (AvgIpc) is 2.16. The quantitative estimate of drug-likeness (QED) is 0.690. The number of nitrogens with zero attached hydrogens (tertiary/aromatic N) is 1. The van der Waals surface area contributed by atoms with Crippen LogP contribution >= 0.6 is 0 Å². The van der Waals surface area contributed by atoms with Crippen LogP contribution in [-0.4, -0.2) is 52.4 Å². The Morgan fingerprint density at radius 1 is 1.33 bits per heavy atom. The SMILES string of the molecule is O=S(N1CCOCC1)C(F)(F)S(=O)(=O)O. The molecule has 0 aromatic carbocycles. The van der Waals surface area contributed by atoms with Crippen LogP contribution in [0.1, 0.15) is 0 Å². The van der Waals surface area contributed by atoms with E-state index in [1.165, 1.54) is 0 Å². The molecular weight excluding hydrogens is 256 g/mol.